The first-order chi connectivity index (χ1) is 11.8. The minimum Gasteiger partial charge on any atom is -0.454 e. The van der Waals surface area contributed by atoms with Crippen molar-refractivity contribution in [1.29, 1.82) is 0 Å². The van der Waals surface area contributed by atoms with Gasteiger partial charge in [-0.3, -0.25) is 4.79 Å². The van der Waals surface area contributed by atoms with Crippen molar-refractivity contribution in [3.05, 3.63) is 59.7 Å². The van der Waals surface area contributed by atoms with Crippen LogP contribution in [-0.2, 0) is 11.2 Å². The van der Waals surface area contributed by atoms with E-state index in [9.17, 15) is 4.79 Å². The highest BCUT2D eigenvalue weighted by Gasteiger charge is 2.12. The van der Waals surface area contributed by atoms with Gasteiger partial charge in [0, 0.05) is 11.8 Å². The van der Waals surface area contributed by atoms with E-state index in [1.807, 2.05) is 36.4 Å². The van der Waals surface area contributed by atoms with E-state index in [1.54, 1.807) is 6.08 Å². The molecule has 2 aromatic rings. The molecular formula is C20H21NO3. The number of anilines is 1. The summed E-state index contributed by atoms with van der Waals surface area (Å²) in [6.07, 6.45) is 6.52. The number of ether oxygens (including phenoxy) is 2. The average Bonchev–Trinajstić information content (AvgIpc) is 3.07. The third-order valence-corrected chi connectivity index (χ3v) is 3.90. The molecule has 0 atom stereocenters. The van der Waals surface area contributed by atoms with Gasteiger partial charge in [-0.2, -0.15) is 0 Å². The van der Waals surface area contributed by atoms with Crippen molar-refractivity contribution in [2.75, 3.05) is 12.1 Å². The Balaban J connectivity index is 1.65. The molecular weight excluding hydrogens is 302 g/mol. The lowest BCUT2D eigenvalue weighted by atomic mass is 10.1. The highest BCUT2D eigenvalue weighted by Crippen LogP contribution is 2.32. The maximum absolute atomic E-state index is 12.2. The summed E-state index contributed by atoms with van der Waals surface area (Å²) in [6, 6.07) is 13.5. The Morgan fingerprint density at radius 3 is 2.88 bits per heavy atom. The van der Waals surface area contributed by atoms with Crippen LogP contribution in [0.2, 0.25) is 0 Å². The molecule has 3 rings (SSSR count). The van der Waals surface area contributed by atoms with Crippen LogP contribution in [0.5, 0.6) is 11.5 Å². The summed E-state index contributed by atoms with van der Waals surface area (Å²) in [5.74, 6) is 1.31. The number of aryl methyl sites for hydroxylation is 1. The zero-order chi connectivity index (χ0) is 16.8. The molecule has 0 aromatic heterocycles. The molecule has 0 saturated carbocycles. The first-order valence-corrected chi connectivity index (χ1v) is 8.23. The largest absolute Gasteiger partial charge is 0.454 e. The first kappa shape index (κ1) is 16.1. The van der Waals surface area contributed by atoms with Crippen molar-refractivity contribution in [1.82, 2.24) is 0 Å². The lowest BCUT2D eigenvalue weighted by molar-refractivity contribution is -0.111. The number of unbranched alkanes of at least 4 members (excludes halogenated alkanes) is 1. The lowest BCUT2D eigenvalue weighted by Gasteiger charge is -2.09. The van der Waals surface area contributed by atoms with Gasteiger partial charge >= 0.3 is 0 Å². The zero-order valence-electron chi connectivity index (χ0n) is 13.7. The summed E-state index contributed by atoms with van der Waals surface area (Å²) in [7, 11) is 0. The van der Waals surface area contributed by atoms with Crippen LogP contribution in [0.15, 0.2) is 48.5 Å². The third-order valence-electron chi connectivity index (χ3n) is 3.90. The fourth-order valence-corrected chi connectivity index (χ4v) is 2.59. The van der Waals surface area contributed by atoms with Crippen molar-refractivity contribution in [2.45, 2.75) is 26.2 Å². The molecule has 1 amide bonds. The minimum absolute atomic E-state index is 0.142. The summed E-state index contributed by atoms with van der Waals surface area (Å²) in [5, 5.41) is 2.96. The number of hydrogen-bond donors (Lipinski definition) is 1. The van der Waals surface area contributed by atoms with E-state index in [1.165, 1.54) is 11.6 Å². The normalized spacial score (nSPS) is 12.5. The maximum Gasteiger partial charge on any atom is 0.248 e. The molecule has 0 fully saturated rings. The quantitative estimate of drug-likeness (QED) is 0.801. The van der Waals surface area contributed by atoms with E-state index in [0.29, 0.717) is 5.75 Å². The summed E-state index contributed by atoms with van der Waals surface area (Å²) < 4.78 is 10.6. The number of nitrogens with one attached hydrogen (secondary N) is 1. The monoisotopic (exact) mass is 323 g/mol. The van der Waals surface area contributed by atoms with E-state index >= 15 is 0 Å². The summed E-state index contributed by atoms with van der Waals surface area (Å²) in [6.45, 7) is 2.41. The van der Waals surface area contributed by atoms with Gasteiger partial charge in [0.2, 0.25) is 12.7 Å². The smallest absolute Gasteiger partial charge is 0.248 e. The topological polar surface area (TPSA) is 47.6 Å². The van der Waals surface area contributed by atoms with Gasteiger partial charge in [0.1, 0.15) is 0 Å². The fourth-order valence-electron chi connectivity index (χ4n) is 2.59. The second-order valence-corrected chi connectivity index (χ2v) is 5.70. The molecule has 124 valence electrons. The molecule has 2 aromatic carbocycles. The van der Waals surface area contributed by atoms with Crippen molar-refractivity contribution in [3.8, 4) is 11.5 Å². The molecule has 4 heteroatoms. The van der Waals surface area contributed by atoms with Crippen LogP contribution in [-0.4, -0.2) is 12.7 Å². The molecule has 0 bridgehead atoms. The van der Waals surface area contributed by atoms with E-state index < -0.39 is 0 Å². The maximum atomic E-state index is 12.2. The number of benzene rings is 2. The standard InChI is InChI=1S/C20H21NO3/c1-2-3-6-16-7-4-5-8-17(16)21-20(22)12-10-15-9-11-18-19(13-15)24-14-23-18/h4-5,7-13H,2-3,6,14H2,1H3,(H,21,22). The molecule has 1 heterocycles. The summed E-state index contributed by atoms with van der Waals surface area (Å²) in [5.41, 5.74) is 2.95. The SMILES string of the molecule is CCCCc1ccccc1NC(=O)C=Cc1ccc2c(c1)OCO2. The first-order valence-electron chi connectivity index (χ1n) is 8.23. The van der Waals surface area contributed by atoms with Gasteiger partial charge in [-0.15, -0.1) is 0 Å². The van der Waals surface area contributed by atoms with Gasteiger partial charge in [0.05, 0.1) is 0 Å². The Morgan fingerprint density at radius 1 is 1.17 bits per heavy atom. The van der Waals surface area contributed by atoms with Crippen LogP contribution in [0.25, 0.3) is 6.08 Å². The van der Waals surface area contributed by atoms with Crippen molar-refractivity contribution in [2.24, 2.45) is 0 Å². The number of carbonyl (C=O) groups excluding carboxylic acids is 1. The van der Waals surface area contributed by atoms with Crippen LogP contribution in [0.1, 0.15) is 30.9 Å². The Labute approximate surface area is 142 Å². The van der Waals surface area contributed by atoms with Crippen LogP contribution in [0.4, 0.5) is 5.69 Å². The van der Waals surface area contributed by atoms with Gasteiger partial charge in [0.15, 0.2) is 11.5 Å². The van der Waals surface area contributed by atoms with Crippen LogP contribution < -0.4 is 14.8 Å². The zero-order valence-corrected chi connectivity index (χ0v) is 13.7. The number of rotatable bonds is 6. The average molecular weight is 323 g/mol. The molecule has 0 unspecified atom stereocenters. The predicted octanol–water partition coefficient (Wildman–Crippen LogP) is 4.41. The Kier molecular flexibility index (Phi) is 5.16. The molecule has 1 aliphatic rings. The van der Waals surface area contributed by atoms with Crippen molar-refractivity contribution >= 4 is 17.7 Å². The second-order valence-electron chi connectivity index (χ2n) is 5.70. The van der Waals surface area contributed by atoms with Gasteiger partial charge < -0.3 is 14.8 Å². The Hall–Kier alpha value is -2.75. The van der Waals surface area contributed by atoms with Crippen LogP contribution in [0, 0.1) is 0 Å². The third kappa shape index (κ3) is 3.96. The molecule has 0 saturated heterocycles. The van der Waals surface area contributed by atoms with Gasteiger partial charge in [-0.1, -0.05) is 37.6 Å². The number of fused-ring (bicyclic) bond motifs is 1. The second kappa shape index (κ2) is 7.68. The van der Waals surface area contributed by atoms with Gasteiger partial charge in [-0.05, 0) is 48.2 Å². The van der Waals surface area contributed by atoms with Crippen molar-refractivity contribution < 1.29 is 14.3 Å². The number of para-hydroxylation sites is 1. The Bertz CT molecular complexity index is 752. The number of carbonyl (C=O) groups is 1. The van der Waals surface area contributed by atoms with Crippen LogP contribution >= 0.6 is 0 Å². The number of hydrogen-bond acceptors (Lipinski definition) is 3. The van der Waals surface area contributed by atoms with E-state index in [0.717, 1.165) is 36.3 Å². The fraction of sp³-hybridized carbons (Fsp3) is 0.250. The highest BCUT2D eigenvalue weighted by molar-refractivity contribution is 6.02. The molecule has 1 aliphatic heterocycles. The molecule has 0 aliphatic carbocycles. The Morgan fingerprint density at radius 2 is 2.00 bits per heavy atom. The highest BCUT2D eigenvalue weighted by atomic mass is 16.7. The van der Waals surface area contributed by atoms with E-state index in [2.05, 4.69) is 18.3 Å². The molecule has 1 N–H and O–H groups in total. The molecule has 0 spiro atoms. The predicted molar refractivity (Wildman–Crippen MR) is 95.3 cm³/mol. The van der Waals surface area contributed by atoms with E-state index in [4.69, 9.17) is 9.47 Å². The van der Waals surface area contributed by atoms with Gasteiger partial charge in [-0.25, -0.2) is 0 Å². The summed E-state index contributed by atoms with van der Waals surface area (Å²) in [4.78, 5) is 12.2. The van der Waals surface area contributed by atoms with Gasteiger partial charge in [0.25, 0.3) is 0 Å². The summed E-state index contributed by atoms with van der Waals surface area (Å²) >= 11 is 0. The minimum atomic E-state index is -0.142. The van der Waals surface area contributed by atoms with E-state index in [-0.39, 0.29) is 12.7 Å². The number of amides is 1. The van der Waals surface area contributed by atoms with Crippen LogP contribution in [0.3, 0.4) is 0 Å². The molecule has 4 nitrogen and oxygen atoms in total. The lowest BCUT2D eigenvalue weighted by Crippen LogP contribution is -2.09. The molecule has 0 radical (unpaired) electrons. The van der Waals surface area contributed by atoms with Crippen molar-refractivity contribution in [3.63, 3.8) is 0 Å². The molecule has 24 heavy (non-hydrogen) atoms.